The maximum absolute atomic E-state index is 12.3. The molecule has 48 heavy (non-hydrogen) atoms. The van der Waals surface area contributed by atoms with Gasteiger partial charge in [-0.25, -0.2) is 0 Å². The summed E-state index contributed by atoms with van der Waals surface area (Å²) in [6, 6.07) is 1.67. The highest BCUT2D eigenvalue weighted by Crippen LogP contribution is 2.32. The summed E-state index contributed by atoms with van der Waals surface area (Å²) < 4.78 is 45.5. The van der Waals surface area contributed by atoms with Gasteiger partial charge in [0.05, 0.1) is 30.2 Å². The van der Waals surface area contributed by atoms with Crippen LogP contribution in [0, 0.1) is 24.4 Å². The summed E-state index contributed by atoms with van der Waals surface area (Å²) >= 11 is 0. The van der Waals surface area contributed by atoms with E-state index in [-0.39, 0.29) is 34.4 Å². The molecule has 0 aromatic heterocycles. The summed E-state index contributed by atoms with van der Waals surface area (Å²) in [5.41, 5.74) is 16.7. The number of carbonyl (C=O) groups is 2. The summed E-state index contributed by atoms with van der Waals surface area (Å²) in [5, 5.41) is 16.8. The lowest BCUT2D eigenvalue weighted by molar-refractivity contribution is -0.149. The Hall–Kier alpha value is -1.45. The number of aliphatic hydroxyl groups is 1. The Balaban J connectivity index is -0.000000212. The van der Waals surface area contributed by atoms with Gasteiger partial charge in [-0.15, -0.1) is 0 Å². The summed E-state index contributed by atoms with van der Waals surface area (Å²) in [6.45, 7) is 12.9. The van der Waals surface area contributed by atoms with Crippen molar-refractivity contribution in [2.75, 3.05) is 47.1 Å². The molecule has 0 bridgehead atoms. The van der Waals surface area contributed by atoms with Gasteiger partial charge >= 0.3 is 38.4 Å². The highest BCUT2D eigenvalue weighted by atomic mass is 28.5. The number of nitrogens with two attached hydrogens (primary N) is 3. The molecule has 1 aliphatic rings. The number of carboxylic acids is 1. The summed E-state index contributed by atoms with van der Waals surface area (Å²) in [6.07, 6.45) is 8.27. The van der Waals surface area contributed by atoms with Gasteiger partial charge in [0.2, 0.25) is 0 Å². The molecule has 0 aromatic rings. The molecule has 6 unspecified atom stereocenters. The van der Waals surface area contributed by atoms with Crippen LogP contribution in [0.3, 0.4) is 0 Å². The average Bonchev–Trinajstić information content (AvgIpc) is 3.01. The van der Waals surface area contributed by atoms with E-state index in [1.165, 1.54) is 21.0 Å². The molecule has 6 atom stereocenters. The van der Waals surface area contributed by atoms with Crippen molar-refractivity contribution in [2.45, 2.75) is 113 Å². The highest BCUT2D eigenvalue weighted by molar-refractivity contribution is 6.76. The lowest BCUT2D eigenvalue weighted by Gasteiger charge is -2.41. The second kappa shape index (κ2) is 30.4. The zero-order chi connectivity index (χ0) is 35.1. The minimum absolute atomic E-state index is 0. The molecule has 0 saturated carbocycles. The van der Waals surface area contributed by atoms with Gasteiger partial charge in [0.15, 0.2) is 0 Å². The fourth-order valence-electron chi connectivity index (χ4n) is 3.68. The molecule has 0 spiro atoms. The molecular weight excluding hydrogens is 679 g/mol. The smallest absolute Gasteiger partial charge is 0.481 e. The second-order valence-corrected chi connectivity index (χ2v) is 18.7. The lowest BCUT2D eigenvalue weighted by atomic mass is 10.1. The van der Waals surface area contributed by atoms with Crippen molar-refractivity contribution in [1.82, 2.24) is 0 Å². The van der Waals surface area contributed by atoms with Gasteiger partial charge in [-0.1, -0.05) is 28.7 Å². The average molecular weight is 750 g/mol. The first kappa shape index (κ1) is 55.9. The summed E-state index contributed by atoms with van der Waals surface area (Å²) in [5.74, 6) is -2.42. The van der Waals surface area contributed by atoms with Crippen molar-refractivity contribution >= 4 is 38.4 Å². The molecule has 1 rings (SSSR count). The van der Waals surface area contributed by atoms with Crippen molar-refractivity contribution in [1.29, 1.82) is 0 Å². The molecule has 0 aromatic carbocycles. The standard InChI is InChI=1S/C13H30N2O6Si2.C9H19NO3Si.C5H10O3.3CH4/c1-11-12(2)19-22(17-3,9-5-7-14)21-23(18-4,10-6-8-15)20-13(11)16;1-4-11-14(12-5-2,13-6-3)9-7-8-10;1-3(4(2)6)5(7)8;;;/h11-12H,5-10,14-15H2,1-4H3;1H,5-10H2,2-3H3;3-4,6H,1-2H3,(H,7,8);3*1H4. The predicted molar refractivity (Wildman–Crippen MR) is 195 cm³/mol. The molecule has 0 radical (unpaired) electrons. The first-order valence-corrected chi connectivity index (χ1v) is 21.1. The van der Waals surface area contributed by atoms with Gasteiger partial charge in [-0.05, 0) is 80.4 Å². The number of carboxylic acid groups (broad SMARTS) is 1. The van der Waals surface area contributed by atoms with E-state index in [1.54, 1.807) is 14.0 Å². The van der Waals surface area contributed by atoms with Crippen LogP contribution in [-0.2, 0) is 44.7 Å². The van der Waals surface area contributed by atoms with E-state index >= 15 is 0 Å². The van der Waals surface area contributed by atoms with Gasteiger partial charge in [-0.3, -0.25) is 9.59 Å². The normalized spacial score (nSPS) is 23.1. The minimum Gasteiger partial charge on any atom is -0.481 e. The first-order chi connectivity index (χ1) is 21.2. The molecule has 290 valence electrons. The quantitative estimate of drug-likeness (QED) is 0.1000. The predicted octanol–water partition coefficient (Wildman–Crippen LogP) is 3.42. The number of hydrogen-bond acceptors (Lipinski definition) is 14. The Bertz CT molecular complexity index is 854. The maximum atomic E-state index is 12.3. The van der Waals surface area contributed by atoms with Crippen LogP contribution in [0.1, 0.15) is 83.1 Å². The molecule has 0 aliphatic carbocycles. The number of aliphatic hydroxyl groups excluding tert-OH is 1. The third-order valence-corrected chi connectivity index (χ3v) is 16.5. The van der Waals surface area contributed by atoms with Crippen LogP contribution in [0.5, 0.6) is 0 Å². The van der Waals surface area contributed by atoms with E-state index in [0.717, 1.165) is 6.42 Å². The van der Waals surface area contributed by atoms with E-state index in [2.05, 4.69) is 6.11 Å². The van der Waals surface area contributed by atoms with E-state index < -0.39 is 50.3 Å². The van der Waals surface area contributed by atoms with Crippen LogP contribution in [0.15, 0.2) is 0 Å². The van der Waals surface area contributed by atoms with Crippen LogP contribution in [0.4, 0.5) is 0 Å². The lowest BCUT2D eigenvalue weighted by Crippen LogP contribution is -2.62. The number of carbonyl (C=O) groups excluding carboxylic acids is 1. The zero-order valence-corrected chi connectivity index (χ0v) is 31.4. The molecule has 1 saturated heterocycles. The minimum atomic E-state index is -3.26. The third kappa shape index (κ3) is 20.9. The summed E-state index contributed by atoms with van der Waals surface area (Å²) in [4.78, 5) is 22.3. The Morgan fingerprint density at radius 2 is 1.42 bits per heavy atom. The zero-order valence-electron chi connectivity index (χ0n) is 28.4. The summed E-state index contributed by atoms with van der Waals surface area (Å²) in [7, 11) is -5.91. The van der Waals surface area contributed by atoms with E-state index in [0.29, 0.717) is 63.8 Å². The number of rotatable bonds is 18. The van der Waals surface area contributed by atoms with E-state index in [4.69, 9.17) is 68.9 Å². The van der Waals surface area contributed by atoms with Gasteiger partial charge < -0.3 is 62.5 Å². The third-order valence-electron chi connectivity index (χ3n) is 6.75. The number of hydrogen-bond donors (Lipinski definition) is 5. The van der Waals surface area contributed by atoms with Gasteiger partial charge in [0.1, 0.15) is 0 Å². The Labute approximate surface area is 294 Å². The van der Waals surface area contributed by atoms with Crippen LogP contribution in [0.2, 0.25) is 18.1 Å². The second-order valence-electron chi connectivity index (χ2n) is 10.2. The molecule has 8 N–H and O–H groups in total. The molecular formula is C30H71N3O12Si3. The van der Waals surface area contributed by atoms with E-state index in [1.807, 2.05) is 20.8 Å². The molecule has 1 heterocycles. The van der Waals surface area contributed by atoms with Gasteiger partial charge in [0.25, 0.3) is 0 Å². The van der Waals surface area contributed by atoms with Crippen molar-refractivity contribution < 1.29 is 54.9 Å². The monoisotopic (exact) mass is 749 g/mol. The van der Waals surface area contributed by atoms with Gasteiger partial charge in [0, 0.05) is 45.6 Å². The van der Waals surface area contributed by atoms with Crippen LogP contribution in [-0.4, -0.2) is 108 Å². The van der Waals surface area contributed by atoms with Gasteiger partial charge in [-0.2, -0.15) is 0 Å². The Morgan fingerprint density at radius 3 is 1.75 bits per heavy atom. The first-order valence-electron chi connectivity index (χ1n) is 15.3. The van der Waals surface area contributed by atoms with E-state index in [9.17, 15) is 9.59 Å². The Kier molecular flexibility index (Phi) is 35.4. The van der Waals surface area contributed by atoms with Crippen LogP contribution < -0.4 is 17.2 Å². The topological polar surface area (TPSA) is 226 Å². The van der Waals surface area contributed by atoms with Crippen LogP contribution in [0.25, 0.3) is 0 Å². The fraction of sp³-hybridized carbons (Fsp3) is 0.867. The van der Waals surface area contributed by atoms with Crippen molar-refractivity contribution in [3.05, 3.63) is 0 Å². The molecule has 1 fully saturated rings. The SMILES string of the molecule is C.C.C.C#CO[Si](CCCN)(OCC)OCC.CC(O)C(C)C(=O)O.CO[Si]1(CCCN)OC(=O)C(C)C(C)O[Si](CCCN)(OC)O1. The number of terminal acetylenes is 1. The molecule has 1 aliphatic heterocycles. The largest absolute Gasteiger partial charge is 0.574 e. The Morgan fingerprint density at radius 1 is 0.958 bits per heavy atom. The molecule has 15 nitrogen and oxygen atoms in total. The maximum Gasteiger partial charge on any atom is 0.574 e. The fourth-order valence-corrected chi connectivity index (χ4v) is 13.1. The molecule has 18 heteroatoms. The van der Waals surface area contributed by atoms with Crippen molar-refractivity contribution in [3.8, 4) is 12.5 Å². The van der Waals surface area contributed by atoms with Crippen molar-refractivity contribution in [3.63, 3.8) is 0 Å². The van der Waals surface area contributed by atoms with Crippen molar-refractivity contribution in [2.24, 2.45) is 29.0 Å². The van der Waals surface area contributed by atoms with Crippen LogP contribution >= 0.6 is 0 Å². The number of aliphatic carboxylic acids is 1. The molecule has 0 amide bonds. The highest BCUT2D eigenvalue weighted by Gasteiger charge is 2.57.